The number of methoxy groups -OCH3 is 1. The van der Waals surface area contributed by atoms with E-state index >= 15 is 0 Å². The number of hydrogen-bond donors (Lipinski definition) is 0. The number of carbonyl (C=O) groups is 1. The summed E-state index contributed by atoms with van der Waals surface area (Å²) in [6, 6.07) is 5.35. The lowest BCUT2D eigenvalue weighted by molar-refractivity contribution is -0.348. The van der Waals surface area contributed by atoms with Gasteiger partial charge < -0.3 is 9.47 Å². The summed E-state index contributed by atoms with van der Waals surface area (Å²) in [6.45, 7) is 1.98. The lowest BCUT2D eigenvalue weighted by atomic mass is 10.0. The summed E-state index contributed by atoms with van der Waals surface area (Å²) in [7, 11) is 1.53. The Hall–Kier alpha value is -1.59. The average molecular weight is 252 g/mol. The van der Waals surface area contributed by atoms with Crippen molar-refractivity contribution in [1.29, 1.82) is 0 Å². The summed E-state index contributed by atoms with van der Waals surface area (Å²) in [5.74, 6) is 0.542. The van der Waals surface area contributed by atoms with Crippen LogP contribution in [0.4, 0.5) is 0 Å². The Kier molecular flexibility index (Phi) is 4.17. The monoisotopic (exact) mass is 252 g/mol. The Morgan fingerprint density at radius 3 is 2.83 bits per heavy atom. The van der Waals surface area contributed by atoms with Gasteiger partial charge in [0.25, 0.3) is 0 Å². The second-order valence-corrected chi connectivity index (χ2v) is 4.05. The van der Waals surface area contributed by atoms with Crippen molar-refractivity contribution in [2.75, 3.05) is 13.7 Å². The normalized spacial score (nSPS) is 19.3. The van der Waals surface area contributed by atoms with Gasteiger partial charge in [0.2, 0.25) is 0 Å². The van der Waals surface area contributed by atoms with E-state index in [1.165, 1.54) is 14.0 Å². The van der Waals surface area contributed by atoms with Crippen molar-refractivity contribution in [2.45, 2.75) is 25.9 Å². The molecule has 1 saturated heterocycles. The van der Waals surface area contributed by atoms with Crippen molar-refractivity contribution in [3.8, 4) is 11.5 Å². The van der Waals surface area contributed by atoms with E-state index in [9.17, 15) is 4.79 Å². The summed E-state index contributed by atoms with van der Waals surface area (Å²) in [5.41, 5.74) is 0.947. The van der Waals surface area contributed by atoms with Gasteiger partial charge in [-0.15, -0.1) is 0 Å². The quantitative estimate of drug-likeness (QED) is 0.469. The van der Waals surface area contributed by atoms with Crippen LogP contribution in [-0.2, 0) is 14.6 Å². The Labute approximate surface area is 106 Å². The first-order chi connectivity index (χ1) is 8.70. The molecule has 1 aliphatic heterocycles. The summed E-state index contributed by atoms with van der Waals surface area (Å²) >= 11 is 0. The van der Waals surface area contributed by atoms with Crippen LogP contribution in [0.2, 0.25) is 0 Å². The zero-order valence-electron chi connectivity index (χ0n) is 10.5. The van der Waals surface area contributed by atoms with Crippen LogP contribution < -0.4 is 9.47 Å². The van der Waals surface area contributed by atoms with Crippen LogP contribution in [0.5, 0.6) is 11.5 Å². The van der Waals surface area contributed by atoms with Crippen LogP contribution in [0.1, 0.15) is 31.4 Å². The van der Waals surface area contributed by atoms with Gasteiger partial charge in [-0.2, -0.15) is 0 Å². The van der Waals surface area contributed by atoms with E-state index in [4.69, 9.17) is 19.2 Å². The Bertz CT molecular complexity index is 423. The van der Waals surface area contributed by atoms with Crippen molar-refractivity contribution in [3.05, 3.63) is 23.8 Å². The van der Waals surface area contributed by atoms with E-state index in [1.54, 1.807) is 12.1 Å². The van der Waals surface area contributed by atoms with E-state index in [0.29, 0.717) is 18.1 Å². The second-order valence-electron chi connectivity index (χ2n) is 4.05. The van der Waals surface area contributed by atoms with Crippen LogP contribution in [0.3, 0.4) is 0 Å². The predicted molar refractivity (Wildman–Crippen MR) is 63.3 cm³/mol. The van der Waals surface area contributed by atoms with Crippen molar-refractivity contribution in [1.82, 2.24) is 0 Å². The highest BCUT2D eigenvalue weighted by Crippen LogP contribution is 2.34. The molecule has 5 heteroatoms. The third-order valence-electron chi connectivity index (χ3n) is 2.69. The highest BCUT2D eigenvalue weighted by Gasteiger charge is 2.19. The Balaban J connectivity index is 2.20. The Morgan fingerprint density at radius 1 is 1.39 bits per heavy atom. The third-order valence-corrected chi connectivity index (χ3v) is 2.69. The van der Waals surface area contributed by atoms with Crippen LogP contribution in [0, 0.1) is 0 Å². The third kappa shape index (κ3) is 3.00. The number of ether oxygens (including phenoxy) is 2. The molecule has 0 amide bonds. The first kappa shape index (κ1) is 12.9. The minimum atomic E-state index is -0.377. The van der Waals surface area contributed by atoms with E-state index in [-0.39, 0.29) is 12.1 Å². The molecule has 1 fully saturated rings. The molecule has 1 heterocycles. The molecule has 0 saturated carbocycles. The molecule has 5 nitrogen and oxygen atoms in total. The average Bonchev–Trinajstić information content (AvgIpc) is 2.39. The largest absolute Gasteiger partial charge is 0.493 e. The lowest BCUT2D eigenvalue weighted by Crippen LogP contribution is -2.13. The number of carbonyl (C=O) groups excluding carboxylic acids is 1. The number of benzene rings is 1. The SMILES string of the molecule is COc1cc(C2CCCOO2)ccc1OC(C)=O. The van der Waals surface area contributed by atoms with Crippen LogP contribution in [-0.4, -0.2) is 19.7 Å². The molecule has 0 aromatic heterocycles. The van der Waals surface area contributed by atoms with E-state index in [0.717, 1.165) is 18.4 Å². The van der Waals surface area contributed by atoms with E-state index < -0.39 is 0 Å². The molecule has 1 aliphatic rings. The highest BCUT2D eigenvalue weighted by molar-refractivity contribution is 5.70. The molecular formula is C13H16O5. The summed E-state index contributed by atoms with van der Waals surface area (Å²) in [5, 5.41) is 0. The molecule has 1 atom stereocenters. The molecule has 18 heavy (non-hydrogen) atoms. The van der Waals surface area contributed by atoms with E-state index in [1.807, 2.05) is 6.07 Å². The fraction of sp³-hybridized carbons (Fsp3) is 0.462. The summed E-state index contributed by atoms with van der Waals surface area (Å²) in [4.78, 5) is 21.1. The smallest absolute Gasteiger partial charge is 0.308 e. The van der Waals surface area contributed by atoms with Gasteiger partial charge in [-0.05, 0) is 30.5 Å². The molecule has 98 valence electrons. The molecule has 2 rings (SSSR count). The fourth-order valence-electron chi connectivity index (χ4n) is 1.85. The predicted octanol–water partition coefficient (Wildman–Crippen LogP) is 2.40. The summed E-state index contributed by atoms with van der Waals surface area (Å²) in [6.07, 6.45) is 1.76. The molecular weight excluding hydrogens is 236 g/mol. The topological polar surface area (TPSA) is 54.0 Å². The fourth-order valence-corrected chi connectivity index (χ4v) is 1.85. The van der Waals surface area contributed by atoms with Gasteiger partial charge in [-0.25, -0.2) is 9.78 Å². The minimum Gasteiger partial charge on any atom is -0.493 e. The second kappa shape index (κ2) is 5.84. The molecule has 0 spiro atoms. The zero-order chi connectivity index (χ0) is 13.0. The number of rotatable bonds is 3. The van der Waals surface area contributed by atoms with Gasteiger partial charge in [0, 0.05) is 6.92 Å². The standard InChI is InChI=1S/C13H16O5/c1-9(14)17-12-6-5-10(8-13(12)15-2)11-4-3-7-16-18-11/h5-6,8,11H,3-4,7H2,1-2H3. The summed E-state index contributed by atoms with van der Waals surface area (Å²) < 4.78 is 10.2. The molecule has 0 radical (unpaired) electrons. The maximum Gasteiger partial charge on any atom is 0.308 e. The molecule has 1 aromatic carbocycles. The number of hydrogen-bond acceptors (Lipinski definition) is 5. The van der Waals surface area contributed by atoms with Gasteiger partial charge in [-0.1, -0.05) is 6.07 Å². The van der Waals surface area contributed by atoms with Gasteiger partial charge in [0.15, 0.2) is 11.5 Å². The Morgan fingerprint density at radius 2 is 2.22 bits per heavy atom. The maximum absolute atomic E-state index is 10.9. The zero-order valence-corrected chi connectivity index (χ0v) is 10.5. The van der Waals surface area contributed by atoms with Gasteiger partial charge >= 0.3 is 5.97 Å². The van der Waals surface area contributed by atoms with Crippen molar-refractivity contribution < 1.29 is 24.0 Å². The van der Waals surface area contributed by atoms with E-state index in [2.05, 4.69) is 0 Å². The van der Waals surface area contributed by atoms with Crippen molar-refractivity contribution >= 4 is 5.97 Å². The number of esters is 1. The highest BCUT2D eigenvalue weighted by atomic mass is 17.2. The van der Waals surface area contributed by atoms with Gasteiger partial charge in [0.05, 0.1) is 13.7 Å². The minimum absolute atomic E-state index is 0.0981. The molecule has 1 unspecified atom stereocenters. The first-order valence-electron chi connectivity index (χ1n) is 5.85. The van der Waals surface area contributed by atoms with Crippen LogP contribution in [0.15, 0.2) is 18.2 Å². The molecule has 0 N–H and O–H groups in total. The van der Waals surface area contributed by atoms with Crippen LogP contribution in [0.25, 0.3) is 0 Å². The molecule has 1 aromatic rings. The van der Waals surface area contributed by atoms with Crippen molar-refractivity contribution in [3.63, 3.8) is 0 Å². The molecule has 0 aliphatic carbocycles. The molecule has 0 bridgehead atoms. The lowest BCUT2D eigenvalue weighted by Gasteiger charge is -2.22. The van der Waals surface area contributed by atoms with Crippen molar-refractivity contribution in [2.24, 2.45) is 0 Å². The van der Waals surface area contributed by atoms with Gasteiger partial charge in [0.1, 0.15) is 6.10 Å². The first-order valence-corrected chi connectivity index (χ1v) is 5.85. The van der Waals surface area contributed by atoms with Gasteiger partial charge in [-0.3, -0.25) is 4.79 Å². The maximum atomic E-state index is 10.9. The van der Waals surface area contributed by atoms with Crippen LogP contribution >= 0.6 is 0 Å².